The summed E-state index contributed by atoms with van der Waals surface area (Å²) in [6.45, 7) is 4.38. The fraction of sp³-hybridized carbons (Fsp3) is 0.188. The van der Waals surface area contributed by atoms with Gasteiger partial charge in [-0.25, -0.2) is 0 Å². The van der Waals surface area contributed by atoms with Crippen molar-refractivity contribution in [2.75, 3.05) is 17.7 Å². The highest BCUT2D eigenvalue weighted by atomic mass is 35.5. The van der Waals surface area contributed by atoms with Crippen molar-refractivity contribution in [2.45, 2.75) is 13.8 Å². The van der Waals surface area contributed by atoms with Crippen molar-refractivity contribution >= 4 is 40.5 Å². The summed E-state index contributed by atoms with van der Waals surface area (Å²) < 4.78 is 5.45. The minimum Gasteiger partial charge on any atom is -0.494 e. The second-order valence-electron chi connectivity index (χ2n) is 4.72. The number of aryl methyl sites for hydroxylation is 1. The summed E-state index contributed by atoms with van der Waals surface area (Å²) in [7, 11) is 0. The molecule has 0 aliphatic heterocycles. The van der Waals surface area contributed by atoms with E-state index in [0.29, 0.717) is 33.6 Å². The van der Waals surface area contributed by atoms with Crippen LogP contribution in [0.25, 0.3) is 0 Å². The van der Waals surface area contributed by atoms with Crippen LogP contribution in [0.1, 0.15) is 22.8 Å². The molecule has 0 heterocycles. The summed E-state index contributed by atoms with van der Waals surface area (Å²) in [4.78, 5) is 12.3. The van der Waals surface area contributed by atoms with E-state index < -0.39 is 0 Å². The number of benzene rings is 2. The molecule has 0 bridgehead atoms. The maximum atomic E-state index is 12.3. The van der Waals surface area contributed by atoms with Crippen molar-refractivity contribution in [3.63, 3.8) is 0 Å². The Morgan fingerprint density at radius 1 is 1.23 bits per heavy atom. The van der Waals surface area contributed by atoms with Crippen LogP contribution < -0.4 is 15.8 Å². The highest BCUT2D eigenvalue weighted by molar-refractivity contribution is 6.39. The first-order chi connectivity index (χ1) is 10.4. The SMILES string of the molecule is CCOc1ccc(C(=O)Nc2cc(Cl)c(N)c(Cl)c2)cc1C. The Bertz CT molecular complexity index is 694. The molecule has 116 valence electrons. The normalized spacial score (nSPS) is 10.4. The Balaban J connectivity index is 2.21. The molecule has 2 rings (SSSR count). The van der Waals surface area contributed by atoms with E-state index in [1.54, 1.807) is 30.3 Å². The number of amides is 1. The lowest BCUT2D eigenvalue weighted by atomic mass is 10.1. The van der Waals surface area contributed by atoms with E-state index in [0.717, 1.165) is 11.3 Å². The van der Waals surface area contributed by atoms with Gasteiger partial charge in [-0.2, -0.15) is 0 Å². The molecular weight excluding hydrogens is 323 g/mol. The number of rotatable bonds is 4. The fourth-order valence-electron chi connectivity index (χ4n) is 1.97. The molecule has 0 atom stereocenters. The topological polar surface area (TPSA) is 64.3 Å². The van der Waals surface area contributed by atoms with Gasteiger partial charge in [0.05, 0.1) is 22.3 Å². The summed E-state index contributed by atoms with van der Waals surface area (Å²) >= 11 is 11.9. The average molecular weight is 339 g/mol. The molecule has 2 aromatic carbocycles. The van der Waals surface area contributed by atoms with Crippen LogP contribution in [0.15, 0.2) is 30.3 Å². The molecule has 1 amide bonds. The zero-order chi connectivity index (χ0) is 16.3. The average Bonchev–Trinajstić information content (AvgIpc) is 2.47. The maximum absolute atomic E-state index is 12.3. The number of nitrogens with one attached hydrogen (secondary N) is 1. The molecule has 4 nitrogen and oxygen atoms in total. The fourth-order valence-corrected chi connectivity index (χ4v) is 2.45. The zero-order valence-electron chi connectivity index (χ0n) is 12.2. The second kappa shape index (κ2) is 6.90. The molecule has 3 N–H and O–H groups in total. The van der Waals surface area contributed by atoms with Crippen molar-refractivity contribution in [3.05, 3.63) is 51.5 Å². The van der Waals surface area contributed by atoms with Gasteiger partial charge in [0.2, 0.25) is 0 Å². The van der Waals surface area contributed by atoms with Crippen LogP contribution in [0.5, 0.6) is 5.75 Å². The van der Waals surface area contributed by atoms with Crippen molar-refractivity contribution in [3.8, 4) is 5.75 Å². The Morgan fingerprint density at radius 3 is 2.41 bits per heavy atom. The highest BCUT2D eigenvalue weighted by Gasteiger charge is 2.11. The number of nitrogen functional groups attached to an aromatic ring is 1. The predicted octanol–water partition coefficient (Wildman–Crippen LogP) is 4.54. The summed E-state index contributed by atoms with van der Waals surface area (Å²) in [6.07, 6.45) is 0. The minimum absolute atomic E-state index is 0.261. The number of nitrogens with two attached hydrogens (primary N) is 1. The molecule has 0 spiro atoms. The first-order valence-corrected chi connectivity index (χ1v) is 7.47. The lowest BCUT2D eigenvalue weighted by Gasteiger charge is -2.11. The molecule has 0 aromatic heterocycles. The molecule has 0 radical (unpaired) electrons. The second-order valence-corrected chi connectivity index (χ2v) is 5.54. The van der Waals surface area contributed by atoms with E-state index in [1.165, 1.54) is 0 Å². The summed E-state index contributed by atoms with van der Waals surface area (Å²) in [6, 6.07) is 8.36. The molecule has 6 heteroatoms. The Morgan fingerprint density at radius 2 is 1.86 bits per heavy atom. The van der Waals surface area contributed by atoms with Crippen LogP contribution in [0.3, 0.4) is 0 Å². The molecule has 0 aliphatic rings. The lowest BCUT2D eigenvalue weighted by molar-refractivity contribution is 0.102. The number of anilines is 2. The van der Waals surface area contributed by atoms with Gasteiger partial charge in [-0.15, -0.1) is 0 Å². The van der Waals surface area contributed by atoms with Gasteiger partial charge in [0.25, 0.3) is 5.91 Å². The van der Waals surface area contributed by atoms with Crippen LogP contribution in [0.4, 0.5) is 11.4 Å². The van der Waals surface area contributed by atoms with E-state index in [2.05, 4.69) is 5.32 Å². The summed E-state index contributed by atoms with van der Waals surface area (Å²) in [5, 5.41) is 3.34. The van der Waals surface area contributed by atoms with Gasteiger partial charge in [0.1, 0.15) is 5.75 Å². The molecule has 22 heavy (non-hydrogen) atoms. The minimum atomic E-state index is -0.261. The first-order valence-electron chi connectivity index (χ1n) is 6.71. The van der Waals surface area contributed by atoms with Crippen LogP contribution in [0, 0.1) is 6.92 Å². The van der Waals surface area contributed by atoms with E-state index in [4.69, 9.17) is 33.7 Å². The lowest BCUT2D eigenvalue weighted by Crippen LogP contribution is -2.12. The van der Waals surface area contributed by atoms with Crippen molar-refractivity contribution in [2.24, 2.45) is 0 Å². The van der Waals surface area contributed by atoms with Gasteiger partial charge in [0.15, 0.2) is 0 Å². The van der Waals surface area contributed by atoms with Crippen LogP contribution in [0.2, 0.25) is 10.0 Å². The van der Waals surface area contributed by atoms with Crippen LogP contribution in [-0.2, 0) is 0 Å². The van der Waals surface area contributed by atoms with Gasteiger partial charge in [0, 0.05) is 11.3 Å². The summed E-state index contributed by atoms with van der Waals surface area (Å²) in [5.41, 5.74) is 7.85. The molecule has 0 saturated heterocycles. The summed E-state index contributed by atoms with van der Waals surface area (Å²) in [5.74, 6) is 0.501. The largest absolute Gasteiger partial charge is 0.494 e. The molecule has 0 fully saturated rings. The highest BCUT2D eigenvalue weighted by Crippen LogP contribution is 2.31. The molecule has 2 aromatic rings. The van der Waals surface area contributed by atoms with Crippen molar-refractivity contribution in [1.82, 2.24) is 0 Å². The third-order valence-corrected chi connectivity index (χ3v) is 3.70. The molecule has 0 unspecified atom stereocenters. The van der Waals surface area contributed by atoms with E-state index in [-0.39, 0.29) is 5.91 Å². The van der Waals surface area contributed by atoms with Gasteiger partial charge < -0.3 is 15.8 Å². The number of ether oxygens (including phenoxy) is 1. The van der Waals surface area contributed by atoms with Gasteiger partial charge in [-0.3, -0.25) is 4.79 Å². The van der Waals surface area contributed by atoms with Gasteiger partial charge in [-0.05, 0) is 49.7 Å². The van der Waals surface area contributed by atoms with Crippen LogP contribution in [-0.4, -0.2) is 12.5 Å². The molecule has 0 aliphatic carbocycles. The molecular formula is C16H16Cl2N2O2. The Hall–Kier alpha value is -1.91. The monoisotopic (exact) mass is 338 g/mol. The quantitative estimate of drug-likeness (QED) is 0.804. The maximum Gasteiger partial charge on any atom is 0.255 e. The Kier molecular flexibility index (Phi) is 5.16. The predicted molar refractivity (Wildman–Crippen MR) is 91.2 cm³/mol. The smallest absolute Gasteiger partial charge is 0.255 e. The van der Waals surface area contributed by atoms with Crippen molar-refractivity contribution < 1.29 is 9.53 Å². The number of hydrogen-bond donors (Lipinski definition) is 2. The number of carbonyl (C=O) groups is 1. The van der Waals surface area contributed by atoms with Crippen LogP contribution >= 0.6 is 23.2 Å². The zero-order valence-corrected chi connectivity index (χ0v) is 13.8. The van der Waals surface area contributed by atoms with E-state index in [9.17, 15) is 4.79 Å². The third-order valence-electron chi connectivity index (χ3n) is 3.07. The van der Waals surface area contributed by atoms with Gasteiger partial charge in [-0.1, -0.05) is 23.2 Å². The number of halogens is 2. The van der Waals surface area contributed by atoms with E-state index >= 15 is 0 Å². The van der Waals surface area contributed by atoms with E-state index in [1.807, 2.05) is 13.8 Å². The Labute approximate surface area is 139 Å². The molecule has 0 saturated carbocycles. The van der Waals surface area contributed by atoms with Crippen molar-refractivity contribution in [1.29, 1.82) is 0 Å². The number of hydrogen-bond acceptors (Lipinski definition) is 3. The third kappa shape index (κ3) is 3.64. The number of carbonyl (C=O) groups excluding carboxylic acids is 1. The standard InChI is InChI=1S/C16H16Cl2N2O2/c1-3-22-14-5-4-10(6-9(14)2)16(21)20-11-7-12(17)15(19)13(18)8-11/h4-8H,3,19H2,1-2H3,(H,20,21). The van der Waals surface area contributed by atoms with Gasteiger partial charge >= 0.3 is 0 Å². The first kappa shape index (κ1) is 16.5.